The summed E-state index contributed by atoms with van der Waals surface area (Å²) in [6.45, 7) is 0. The van der Waals surface area contributed by atoms with E-state index in [1.165, 1.54) is 6.07 Å². The predicted octanol–water partition coefficient (Wildman–Crippen LogP) is 5.42. The van der Waals surface area contributed by atoms with Gasteiger partial charge in [0.15, 0.2) is 0 Å². The standard InChI is InChI=1S/C14H9Br2F4N/c15-8-2-3-9(11(16)6-8)13(21)7-1-4-10(12(17)5-7)14(18,19)20/h1-6,13H,21H2. The van der Waals surface area contributed by atoms with Crippen LogP contribution in [-0.4, -0.2) is 0 Å². The predicted molar refractivity (Wildman–Crippen MR) is 79.3 cm³/mol. The lowest BCUT2D eigenvalue weighted by Gasteiger charge is -2.16. The van der Waals surface area contributed by atoms with Gasteiger partial charge in [-0.15, -0.1) is 0 Å². The van der Waals surface area contributed by atoms with Gasteiger partial charge in [-0.3, -0.25) is 0 Å². The maximum absolute atomic E-state index is 13.6. The Balaban J connectivity index is 2.40. The second-order valence-electron chi connectivity index (χ2n) is 4.38. The molecule has 7 heteroatoms. The lowest BCUT2D eigenvalue weighted by molar-refractivity contribution is -0.140. The van der Waals surface area contributed by atoms with Gasteiger partial charge >= 0.3 is 6.18 Å². The van der Waals surface area contributed by atoms with E-state index in [0.29, 0.717) is 16.1 Å². The fourth-order valence-electron chi connectivity index (χ4n) is 1.89. The summed E-state index contributed by atoms with van der Waals surface area (Å²) in [6.07, 6.45) is -4.72. The first-order chi connectivity index (χ1) is 9.70. The van der Waals surface area contributed by atoms with E-state index in [9.17, 15) is 17.6 Å². The summed E-state index contributed by atoms with van der Waals surface area (Å²) >= 11 is 6.61. The maximum atomic E-state index is 13.6. The molecule has 2 rings (SSSR count). The highest BCUT2D eigenvalue weighted by molar-refractivity contribution is 9.11. The minimum absolute atomic E-state index is 0.267. The molecule has 112 valence electrons. The number of hydrogen-bond acceptors (Lipinski definition) is 1. The van der Waals surface area contributed by atoms with E-state index in [0.717, 1.165) is 10.5 Å². The Hall–Kier alpha value is -0.920. The van der Waals surface area contributed by atoms with Crippen molar-refractivity contribution in [2.75, 3.05) is 0 Å². The van der Waals surface area contributed by atoms with E-state index >= 15 is 0 Å². The number of hydrogen-bond donors (Lipinski definition) is 1. The molecule has 0 amide bonds. The van der Waals surface area contributed by atoms with Crippen molar-refractivity contribution < 1.29 is 17.6 Å². The minimum atomic E-state index is -4.72. The molecule has 2 N–H and O–H groups in total. The van der Waals surface area contributed by atoms with Gasteiger partial charge in [0.05, 0.1) is 11.6 Å². The maximum Gasteiger partial charge on any atom is 0.419 e. The van der Waals surface area contributed by atoms with Crippen LogP contribution in [0.4, 0.5) is 17.6 Å². The Bertz CT molecular complexity index is 671. The van der Waals surface area contributed by atoms with Crippen LogP contribution in [0.5, 0.6) is 0 Å². The molecule has 21 heavy (non-hydrogen) atoms. The molecule has 0 aliphatic heterocycles. The molecule has 0 spiro atoms. The molecule has 0 aliphatic rings. The van der Waals surface area contributed by atoms with Crippen LogP contribution in [0, 0.1) is 5.82 Å². The first-order valence-corrected chi connectivity index (χ1v) is 7.36. The monoisotopic (exact) mass is 425 g/mol. The van der Waals surface area contributed by atoms with E-state index in [-0.39, 0.29) is 5.56 Å². The van der Waals surface area contributed by atoms with E-state index in [1.807, 2.05) is 0 Å². The van der Waals surface area contributed by atoms with Crippen molar-refractivity contribution in [3.05, 3.63) is 67.9 Å². The highest BCUT2D eigenvalue weighted by Gasteiger charge is 2.34. The van der Waals surface area contributed by atoms with Gasteiger partial charge < -0.3 is 5.73 Å². The van der Waals surface area contributed by atoms with Crippen LogP contribution in [0.25, 0.3) is 0 Å². The van der Waals surface area contributed by atoms with Crippen LogP contribution >= 0.6 is 31.9 Å². The second-order valence-corrected chi connectivity index (χ2v) is 6.15. The molecule has 2 aromatic rings. The van der Waals surface area contributed by atoms with Crippen LogP contribution in [0.15, 0.2) is 45.3 Å². The summed E-state index contributed by atoms with van der Waals surface area (Å²) in [5.74, 6) is -1.33. The topological polar surface area (TPSA) is 26.0 Å². The molecule has 0 heterocycles. The van der Waals surface area contributed by atoms with Crippen LogP contribution in [-0.2, 0) is 6.18 Å². The number of rotatable bonds is 2. The van der Waals surface area contributed by atoms with Crippen LogP contribution < -0.4 is 5.73 Å². The Morgan fingerprint density at radius 2 is 1.67 bits per heavy atom. The van der Waals surface area contributed by atoms with Gasteiger partial charge in [0, 0.05) is 8.95 Å². The SMILES string of the molecule is NC(c1ccc(C(F)(F)F)c(F)c1)c1ccc(Br)cc1Br. The molecule has 0 aliphatic carbocycles. The fourth-order valence-corrected chi connectivity index (χ4v) is 3.18. The lowest BCUT2D eigenvalue weighted by Crippen LogP contribution is -2.15. The lowest BCUT2D eigenvalue weighted by atomic mass is 9.98. The number of halogens is 6. The van der Waals surface area contributed by atoms with Crippen molar-refractivity contribution in [2.24, 2.45) is 5.73 Å². The molecular formula is C14H9Br2F4N. The Kier molecular flexibility index (Phi) is 4.75. The largest absolute Gasteiger partial charge is 0.419 e. The molecule has 0 radical (unpaired) electrons. The quantitative estimate of drug-likeness (QED) is 0.637. The summed E-state index contributed by atoms with van der Waals surface area (Å²) < 4.78 is 52.7. The van der Waals surface area contributed by atoms with Gasteiger partial charge in [0.1, 0.15) is 5.82 Å². The van der Waals surface area contributed by atoms with Gasteiger partial charge in [-0.2, -0.15) is 13.2 Å². The van der Waals surface area contributed by atoms with E-state index in [4.69, 9.17) is 5.73 Å². The van der Waals surface area contributed by atoms with Crippen LogP contribution in [0.2, 0.25) is 0 Å². The van der Waals surface area contributed by atoms with Crippen molar-refractivity contribution in [3.8, 4) is 0 Å². The van der Waals surface area contributed by atoms with E-state index in [1.54, 1.807) is 18.2 Å². The third-order valence-corrected chi connectivity index (χ3v) is 4.14. The molecule has 1 atom stereocenters. The summed E-state index contributed by atoms with van der Waals surface area (Å²) in [5, 5.41) is 0. The molecular weight excluding hydrogens is 418 g/mol. The van der Waals surface area contributed by atoms with Gasteiger partial charge in [0.25, 0.3) is 0 Å². The molecule has 0 saturated carbocycles. The van der Waals surface area contributed by atoms with E-state index < -0.39 is 23.6 Å². The Morgan fingerprint density at radius 1 is 1.00 bits per heavy atom. The van der Waals surface area contributed by atoms with Crippen LogP contribution in [0.3, 0.4) is 0 Å². The Labute approximate surface area is 135 Å². The van der Waals surface area contributed by atoms with Crippen molar-refractivity contribution in [2.45, 2.75) is 12.2 Å². The third-order valence-electron chi connectivity index (χ3n) is 2.96. The van der Waals surface area contributed by atoms with Crippen molar-refractivity contribution in [3.63, 3.8) is 0 Å². The minimum Gasteiger partial charge on any atom is -0.320 e. The van der Waals surface area contributed by atoms with Crippen molar-refractivity contribution in [1.29, 1.82) is 0 Å². The fraction of sp³-hybridized carbons (Fsp3) is 0.143. The zero-order chi connectivity index (χ0) is 15.8. The number of nitrogens with two attached hydrogens (primary N) is 1. The smallest absolute Gasteiger partial charge is 0.320 e. The molecule has 1 unspecified atom stereocenters. The normalized spacial score (nSPS) is 13.3. The second kappa shape index (κ2) is 6.06. The van der Waals surface area contributed by atoms with Crippen LogP contribution in [0.1, 0.15) is 22.7 Å². The first kappa shape index (κ1) is 16.5. The zero-order valence-electron chi connectivity index (χ0n) is 10.4. The molecule has 1 nitrogen and oxygen atoms in total. The molecule has 0 aromatic heterocycles. The third kappa shape index (κ3) is 3.64. The van der Waals surface area contributed by atoms with Gasteiger partial charge in [-0.1, -0.05) is 44.0 Å². The molecule has 0 fully saturated rings. The zero-order valence-corrected chi connectivity index (χ0v) is 13.6. The first-order valence-electron chi connectivity index (χ1n) is 5.77. The van der Waals surface area contributed by atoms with Crippen molar-refractivity contribution >= 4 is 31.9 Å². The average molecular weight is 427 g/mol. The average Bonchev–Trinajstić information content (AvgIpc) is 2.36. The van der Waals surface area contributed by atoms with Crippen molar-refractivity contribution in [1.82, 2.24) is 0 Å². The summed E-state index contributed by atoms with van der Waals surface area (Å²) in [6, 6.07) is 7.21. The number of alkyl halides is 3. The summed E-state index contributed by atoms with van der Waals surface area (Å²) in [7, 11) is 0. The van der Waals surface area contributed by atoms with Gasteiger partial charge in [0.2, 0.25) is 0 Å². The van der Waals surface area contributed by atoms with Gasteiger partial charge in [-0.05, 0) is 35.4 Å². The molecule has 0 saturated heterocycles. The highest BCUT2D eigenvalue weighted by atomic mass is 79.9. The van der Waals surface area contributed by atoms with E-state index in [2.05, 4.69) is 31.9 Å². The number of benzene rings is 2. The summed E-state index contributed by atoms with van der Waals surface area (Å²) in [4.78, 5) is 0. The Morgan fingerprint density at radius 3 is 2.19 bits per heavy atom. The highest BCUT2D eigenvalue weighted by Crippen LogP contribution is 2.34. The molecule has 2 aromatic carbocycles. The summed E-state index contributed by atoms with van der Waals surface area (Å²) in [5.41, 5.74) is 5.62. The van der Waals surface area contributed by atoms with Gasteiger partial charge in [-0.25, -0.2) is 4.39 Å². The molecule has 0 bridgehead atoms.